The Kier molecular flexibility index (Phi) is 4.31. The first-order valence-electron chi connectivity index (χ1n) is 4.56. The predicted molar refractivity (Wildman–Crippen MR) is 68.8 cm³/mol. The van der Waals surface area contributed by atoms with E-state index < -0.39 is 19.8 Å². The van der Waals surface area contributed by atoms with Gasteiger partial charge < -0.3 is 0 Å². The van der Waals surface area contributed by atoms with Crippen LogP contribution in [0.4, 0.5) is 4.79 Å². The van der Waals surface area contributed by atoms with Crippen LogP contribution < -0.4 is 0 Å². The van der Waals surface area contributed by atoms with Crippen molar-refractivity contribution in [2.75, 3.05) is 19.8 Å². The summed E-state index contributed by atoms with van der Waals surface area (Å²) in [6, 6.07) is 0. The van der Waals surface area contributed by atoms with E-state index in [-0.39, 0.29) is 9.82 Å². The van der Waals surface area contributed by atoms with Crippen molar-refractivity contribution in [2.45, 2.75) is 6.92 Å². The van der Waals surface area contributed by atoms with Crippen molar-refractivity contribution in [3.63, 3.8) is 0 Å². The van der Waals surface area contributed by atoms with Gasteiger partial charge in [0, 0.05) is 0 Å². The fourth-order valence-electron chi connectivity index (χ4n) is 1.32. The first-order valence-corrected chi connectivity index (χ1v) is 8.13. The summed E-state index contributed by atoms with van der Waals surface area (Å²) in [5.41, 5.74) is 0. The van der Waals surface area contributed by atoms with Crippen LogP contribution in [-0.2, 0) is 4.79 Å². The Labute approximate surface area is 97.0 Å². The summed E-state index contributed by atoms with van der Waals surface area (Å²) in [4.78, 5) is 26.4. The van der Waals surface area contributed by atoms with Gasteiger partial charge in [-0.15, -0.1) is 0 Å². The minimum absolute atomic E-state index is 0.0165. The number of carbonyl (C=O) groups excluding carboxylic acids is 2. The Hall–Kier alpha value is -0.850. The molecule has 0 aromatic carbocycles. The van der Waals surface area contributed by atoms with E-state index in [2.05, 4.69) is 13.2 Å². The average Bonchev–Trinajstić information content (AvgIpc) is 2.68. The van der Waals surface area contributed by atoms with Gasteiger partial charge in [-0.3, -0.25) is 0 Å². The van der Waals surface area contributed by atoms with E-state index in [4.69, 9.17) is 0 Å². The normalized spacial score (nSPS) is 16.2. The molecule has 0 spiro atoms. The molecule has 0 bridgehead atoms. The van der Waals surface area contributed by atoms with Crippen LogP contribution in [0.25, 0.3) is 0 Å². The zero-order valence-electron chi connectivity index (χ0n) is 8.78. The molecule has 15 heavy (non-hydrogen) atoms. The summed E-state index contributed by atoms with van der Waals surface area (Å²) in [5, 5.41) is 0. The van der Waals surface area contributed by atoms with Crippen molar-refractivity contribution in [1.29, 1.82) is 0 Å². The Morgan fingerprint density at radius 1 is 1.20 bits per heavy atom. The van der Waals surface area contributed by atoms with Gasteiger partial charge in [-0.1, -0.05) is 0 Å². The molecule has 4 nitrogen and oxygen atoms in total. The molecule has 1 aliphatic rings. The van der Waals surface area contributed by atoms with Gasteiger partial charge in [-0.25, -0.2) is 0 Å². The molecule has 0 unspecified atom stereocenters. The number of amides is 2. The van der Waals surface area contributed by atoms with Crippen LogP contribution >= 0.6 is 19.8 Å². The molecule has 1 heterocycles. The second kappa shape index (κ2) is 5.29. The molecule has 0 atom stereocenters. The van der Waals surface area contributed by atoms with Gasteiger partial charge in [0.25, 0.3) is 0 Å². The molecule has 1 rings (SSSR count). The van der Waals surface area contributed by atoms with Gasteiger partial charge in [0.1, 0.15) is 0 Å². The molecule has 1 saturated heterocycles. The number of carbonyl (C=O) groups is 2. The molecule has 1 aliphatic heterocycles. The maximum atomic E-state index is 11.9. The molecule has 0 radical (unpaired) electrons. The van der Waals surface area contributed by atoms with Gasteiger partial charge in [-0.05, 0) is 0 Å². The second-order valence-electron chi connectivity index (χ2n) is 3.09. The van der Waals surface area contributed by atoms with Crippen molar-refractivity contribution in [3.8, 4) is 0 Å². The standard InChI is InChI=1S/C10H15IN2O2/c1-4-11(5-2)10(15)13-7-6-12(8-13)9(3)14/h4-5H,1-2,6-8H2,3H3. The summed E-state index contributed by atoms with van der Waals surface area (Å²) in [6.45, 7) is 10.5. The number of rotatable bonds is 3. The quantitative estimate of drug-likeness (QED) is 0.453. The third-order valence-electron chi connectivity index (χ3n) is 2.19. The van der Waals surface area contributed by atoms with Gasteiger partial charge in [0.05, 0.1) is 0 Å². The average molecular weight is 322 g/mol. The number of nitrogens with zero attached hydrogens (tertiary/aromatic N) is 2. The summed E-state index contributed by atoms with van der Waals surface area (Å²) < 4.78 is 3.55. The molecule has 0 aromatic rings. The van der Waals surface area contributed by atoms with E-state index in [0.29, 0.717) is 19.8 Å². The van der Waals surface area contributed by atoms with Crippen LogP contribution in [0.3, 0.4) is 0 Å². The molecule has 0 N–H and O–H groups in total. The van der Waals surface area contributed by atoms with Crippen molar-refractivity contribution >= 4 is 29.6 Å². The van der Waals surface area contributed by atoms with Crippen molar-refractivity contribution < 1.29 is 9.59 Å². The molecule has 1 fully saturated rings. The van der Waals surface area contributed by atoms with E-state index in [0.717, 1.165) is 0 Å². The van der Waals surface area contributed by atoms with Crippen molar-refractivity contribution in [1.82, 2.24) is 9.80 Å². The zero-order chi connectivity index (χ0) is 11.4. The first-order chi connectivity index (χ1) is 7.10. The molecular weight excluding hydrogens is 307 g/mol. The summed E-state index contributed by atoms with van der Waals surface area (Å²) in [6.07, 6.45) is 0. The van der Waals surface area contributed by atoms with E-state index in [1.807, 2.05) is 0 Å². The molecular formula is C10H15IN2O2. The fraction of sp³-hybridized carbons (Fsp3) is 0.400. The molecule has 0 saturated carbocycles. The molecule has 0 aromatic heterocycles. The molecule has 5 heteroatoms. The molecule has 0 aliphatic carbocycles. The monoisotopic (exact) mass is 322 g/mol. The SMILES string of the molecule is C=CI(C=C)C(=O)N1CCN(C(C)=O)C1. The third kappa shape index (κ3) is 2.80. The first kappa shape index (κ1) is 12.2. The van der Waals surface area contributed by atoms with E-state index in [1.54, 1.807) is 18.0 Å². The predicted octanol–water partition coefficient (Wildman–Crippen LogP) is 2.02. The summed E-state index contributed by atoms with van der Waals surface area (Å²) in [7, 11) is 0. The van der Waals surface area contributed by atoms with Gasteiger partial charge >= 0.3 is 97.0 Å². The number of halogens is 1. The van der Waals surface area contributed by atoms with Crippen LogP contribution in [0.2, 0.25) is 0 Å². The molecule has 84 valence electrons. The maximum absolute atomic E-state index is 11.9. The van der Waals surface area contributed by atoms with Gasteiger partial charge in [0.15, 0.2) is 0 Å². The van der Waals surface area contributed by atoms with Gasteiger partial charge in [0.2, 0.25) is 0 Å². The summed E-state index contributed by atoms with van der Waals surface area (Å²) in [5.74, 6) is 0.0165. The number of hydrogen-bond acceptors (Lipinski definition) is 2. The fourth-order valence-corrected chi connectivity index (χ4v) is 3.62. The Bertz CT molecular complexity index is 296. The van der Waals surface area contributed by atoms with Crippen LogP contribution in [-0.4, -0.2) is 39.4 Å². The Balaban J connectivity index is 2.60. The zero-order valence-corrected chi connectivity index (χ0v) is 10.9. The minimum atomic E-state index is -1.90. The van der Waals surface area contributed by atoms with E-state index in [1.165, 1.54) is 6.92 Å². The van der Waals surface area contributed by atoms with E-state index >= 15 is 0 Å². The Morgan fingerprint density at radius 3 is 2.13 bits per heavy atom. The van der Waals surface area contributed by atoms with Crippen LogP contribution in [0, 0.1) is 0 Å². The van der Waals surface area contributed by atoms with Gasteiger partial charge in [-0.2, -0.15) is 0 Å². The topological polar surface area (TPSA) is 40.6 Å². The number of hydrogen-bond donors (Lipinski definition) is 0. The Morgan fingerprint density at radius 2 is 1.73 bits per heavy atom. The van der Waals surface area contributed by atoms with Crippen molar-refractivity contribution in [2.24, 2.45) is 0 Å². The van der Waals surface area contributed by atoms with Crippen LogP contribution in [0.15, 0.2) is 21.3 Å². The van der Waals surface area contributed by atoms with E-state index in [9.17, 15) is 9.59 Å². The van der Waals surface area contributed by atoms with Crippen LogP contribution in [0.1, 0.15) is 6.92 Å². The second-order valence-corrected chi connectivity index (χ2v) is 7.74. The summed E-state index contributed by atoms with van der Waals surface area (Å²) >= 11 is -1.90. The third-order valence-corrected chi connectivity index (χ3v) is 5.84. The molecule has 2 amide bonds. The van der Waals surface area contributed by atoms with Crippen molar-refractivity contribution in [3.05, 3.63) is 21.3 Å². The van der Waals surface area contributed by atoms with Crippen LogP contribution in [0.5, 0.6) is 0 Å².